The van der Waals surface area contributed by atoms with Gasteiger partial charge in [0.05, 0.1) is 5.60 Å². The fraction of sp³-hybridized carbons (Fsp3) is 0.412. The van der Waals surface area contributed by atoms with Gasteiger partial charge >= 0.3 is 0 Å². The van der Waals surface area contributed by atoms with Crippen LogP contribution in [-0.2, 0) is 4.74 Å². The van der Waals surface area contributed by atoms with Crippen molar-refractivity contribution in [2.45, 2.75) is 44.1 Å². The molecule has 1 fully saturated rings. The van der Waals surface area contributed by atoms with Crippen LogP contribution in [0, 0.1) is 0 Å². The molecule has 0 aromatic heterocycles. The van der Waals surface area contributed by atoms with Gasteiger partial charge in [-0.2, -0.15) is 0 Å². The van der Waals surface area contributed by atoms with Crippen LogP contribution < -0.4 is 4.74 Å². The summed E-state index contributed by atoms with van der Waals surface area (Å²) in [7, 11) is 0. The molecule has 1 aliphatic heterocycles. The number of hydrogen-bond acceptors (Lipinski definition) is 5. The standard InChI is InChI=1S/C17H20O5/c1-17(2,20)15-14(13(18)16(19)22-15)21-12-9-5-7-10-6-3-4-8-11(10)12/h3-9,13-16,18-20H,1-2H3/t13-,14+,15+,16?/m0/s1. The smallest absolute Gasteiger partial charge is 0.185 e. The monoisotopic (exact) mass is 304 g/mol. The molecule has 1 unspecified atom stereocenters. The number of ether oxygens (including phenoxy) is 2. The second-order valence-electron chi connectivity index (χ2n) is 6.15. The van der Waals surface area contributed by atoms with Gasteiger partial charge in [0.15, 0.2) is 12.4 Å². The summed E-state index contributed by atoms with van der Waals surface area (Å²) >= 11 is 0. The fourth-order valence-electron chi connectivity index (χ4n) is 2.79. The van der Waals surface area contributed by atoms with Crippen molar-refractivity contribution in [2.75, 3.05) is 0 Å². The zero-order valence-electron chi connectivity index (χ0n) is 12.5. The molecule has 0 bridgehead atoms. The topological polar surface area (TPSA) is 79.2 Å². The Labute approximate surface area is 128 Å². The third kappa shape index (κ3) is 2.68. The molecule has 0 aliphatic carbocycles. The zero-order valence-corrected chi connectivity index (χ0v) is 12.5. The predicted octanol–water partition coefficient (Wildman–Crippen LogP) is 1.44. The lowest BCUT2D eigenvalue weighted by Crippen LogP contribution is -2.48. The Hall–Kier alpha value is -1.66. The van der Waals surface area contributed by atoms with E-state index in [0.717, 1.165) is 10.8 Å². The van der Waals surface area contributed by atoms with Crippen LogP contribution >= 0.6 is 0 Å². The summed E-state index contributed by atoms with van der Waals surface area (Å²) in [5.74, 6) is 0.578. The highest BCUT2D eigenvalue weighted by atomic mass is 16.7. The molecule has 3 rings (SSSR count). The molecule has 0 saturated carbocycles. The fourth-order valence-corrected chi connectivity index (χ4v) is 2.79. The van der Waals surface area contributed by atoms with Crippen LogP contribution in [0.3, 0.4) is 0 Å². The van der Waals surface area contributed by atoms with Crippen LogP contribution in [0.4, 0.5) is 0 Å². The Morgan fingerprint density at radius 2 is 1.73 bits per heavy atom. The summed E-state index contributed by atoms with van der Waals surface area (Å²) in [6.45, 7) is 3.11. The van der Waals surface area contributed by atoms with E-state index in [-0.39, 0.29) is 0 Å². The third-order valence-electron chi connectivity index (χ3n) is 3.92. The molecule has 0 amide bonds. The Morgan fingerprint density at radius 1 is 1.05 bits per heavy atom. The van der Waals surface area contributed by atoms with Gasteiger partial charge in [0.25, 0.3) is 0 Å². The lowest BCUT2D eigenvalue weighted by atomic mass is 9.95. The molecule has 4 atom stereocenters. The first-order chi connectivity index (χ1) is 10.4. The van der Waals surface area contributed by atoms with Crippen LogP contribution in [0.25, 0.3) is 10.8 Å². The van der Waals surface area contributed by atoms with E-state index in [1.54, 1.807) is 19.9 Å². The first-order valence-corrected chi connectivity index (χ1v) is 7.26. The lowest BCUT2D eigenvalue weighted by Gasteiger charge is -2.30. The maximum absolute atomic E-state index is 10.2. The van der Waals surface area contributed by atoms with Gasteiger partial charge in [-0.25, -0.2) is 0 Å². The Morgan fingerprint density at radius 3 is 2.45 bits per heavy atom. The largest absolute Gasteiger partial charge is 0.484 e. The van der Waals surface area contributed by atoms with Crippen LogP contribution in [-0.4, -0.2) is 45.5 Å². The van der Waals surface area contributed by atoms with Crippen molar-refractivity contribution < 1.29 is 24.8 Å². The van der Waals surface area contributed by atoms with Crippen LogP contribution in [0.5, 0.6) is 5.75 Å². The molecule has 22 heavy (non-hydrogen) atoms. The van der Waals surface area contributed by atoms with Gasteiger partial charge in [0, 0.05) is 5.39 Å². The summed E-state index contributed by atoms with van der Waals surface area (Å²) < 4.78 is 11.2. The summed E-state index contributed by atoms with van der Waals surface area (Å²) in [4.78, 5) is 0. The van der Waals surface area contributed by atoms with E-state index in [2.05, 4.69) is 0 Å². The first-order valence-electron chi connectivity index (χ1n) is 7.26. The molecule has 2 aromatic rings. The summed E-state index contributed by atoms with van der Waals surface area (Å²) in [5.41, 5.74) is -1.26. The second kappa shape index (κ2) is 5.52. The minimum Gasteiger partial charge on any atom is -0.484 e. The number of fused-ring (bicyclic) bond motifs is 1. The molecule has 1 aliphatic rings. The molecule has 118 valence electrons. The number of hydrogen-bond donors (Lipinski definition) is 3. The van der Waals surface area contributed by atoms with E-state index in [0.29, 0.717) is 5.75 Å². The molecule has 1 heterocycles. The molecular formula is C17H20O5. The van der Waals surface area contributed by atoms with Gasteiger partial charge in [-0.15, -0.1) is 0 Å². The number of benzene rings is 2. The maximum Gasteiger partial charge on any atom is 0.185 e. The van der Waals surface area contributed by atoms with E-state index in [9.17, 15) is 15.3 Å². The van der Waals surface area contributed by atoms with E-state index in [1.165, 1.54) is 0 Å². The van der Waals surface area contributed by atoms with Gasteiger partial charge < -0.3 is 24.8 Å². The lowest BCUT2D eigenvalue weighted by molar-refractivity contribution is -0.164. The Balaban J connectivity index is 1.96. The van der Waals surface area contributed by atoms with Gasteiger partial charge in [0.1, 0.15) is 18.0 Å². The van der Waals surface area contributed by atoms with Crippen molar-refractivity contribution in [3.63, 3.8) is 0 Å². The highest BCUT2D eigenvalue weighted by Crippen LogP contribution is 2.33. The summed E-state index contributed by atoms with van der Waals surface area (Å²) in [6.07, 6.45) is -4.30. The quantitative estimate of drug-likeness (QED) is 0.799. The number of aliphatic hydroxyl groups excluding tert-OH is 2. The van der Waals surface area contributed by atoms with Crippen molar-refractivity contribution >= 4 is 10.8 Å². The first kappa shape index (κ1) is 15.2. The highest BCUT2D eigenvalue weighted by Gasteiger charge is 2.51. The van der Waals surface area contributed by atoms with Crippen molar-refractivity contribution in [2.24, 2.45) is 0 Å². The van der Waals surface area contributed by atoms with Crippen molar-refractivity contribution in [3.05, 3.63) is 42.5 Å². The molecular weight excluding hydrogens is 284 g/mol. The molecule has 3 N–H and O–H groups in total. The number of aliphatic hydroxyl groups is 3. The molecule has 2 aromatic carbocycles. The normalized spacial score (nSPS) is 29.0. The average Bonchev–Trinajstić information content (AvgIpc) is 2.76. The van der Waals surface area contributed by atoms with E-state index in [1.807, 2.05) is 36.4 Å². The van der Waals surface area contributed by atoms with E-state index in [4.69, 9.17) is 9.47 Å². The van der Waals surface area contributed by atoms with E-state index >= 15 is 0 Å². The minimum absolute atomic E-state index is 0.578. The van der Waals surface area contributed by atoms with Gasteiger partial charge in [0.2, 0.25) is 0 Å². The van der Waals surface area contributed by atoms with Crippen LogP contribution in [0.1, 0.15) is 13.8 Å². The Kier molecular flexibility index (Phi) is 3.82. The van der Waals surface area contributed by atoms with Gasteiger partial charge in [-0.1, -0.05) is 36.4 Å². The van der Waals surface area contributed by atoms with Gasteiger partial charge in [-0.3, -0.25) is 0 Å². The van der Waals surface area contributed by atoms with Crippen molar-refractivity contribution in [1.82, 2.24) is 0 Å². The maximum atomic E-state index is 10.2. The predicted molar refractivity (Wildman–Crippen MR) is 81.5 cm³/mol. The number of rotatable bonds is 3. The summed E-state index contributed by atoms with van der Waals surface area (Å²) in [6, 6.07) is 13.3. The van der Waals surface area contributed by atoms with Gasteiger partial charge in [-0.05, 0) is 25.3 Å². The SMILES string of the molecule is CC(C)(O)[C@@H]1OC(O)[C@@H](O)[C@H]1Oc1cccc2ccccc12. The molecule has 1 saturated heterocycles. The third-order valence-corrected chi connectivity index (χ3v) is 3.92. The van der Waals surface area contributed by atoms with Crippen molar-refractivity contribution in [1.29, 1.82) is 0 Å². The second-order valence-corrected chi connectivity index (χ2v) is 6.15. The zero-order chi connectivity index (χ0) is 15.9. The van der Waals surface area contributed by atoms with E-state index < -0.39 is 30.2 Å². The highest BCUT2D eigenvalue weighted by molar-refractivity contribution is 5.88. The minimum atomic E-state index is -1.38. The van der Waals surface area contributed by atoms with Crippen LogP contribution in [0.15, 0.2) is 42.5 Å². The molecule has 0 radical (unpaired) electrons. The molecule has 5 nitrogen and oxygen atoms in total. The summed E-state index contributed by atoms with van der Waals surface area (Å²) in [5, 5.41) is 31.9. The average molecular weight is 304 g/mol. The van der Waals surface area contributed by atoms with Crippen molar-refractivity contribution in [3.8, 4) is 5.75 Å². The molecule has 0 spiro atoms. The Bertz CT molecular complexity index is 658. The van der Waals surface area contributed by atoms with Crippen LogP contribution in [0.2, 0.25) is 0 Å². The molecule has 5 heteroatoms.